The zero-order valence-corrected chi connectivity index (χ0v) is 85.8. The number of methoxy groups -OCH3 is 6. The van der Waals surface area contributed by atoms with Crippen LogP contribution in [0.4, 0.5) is 48.5 Å². The van der Waals surface area contributed by atoms with Crippen molar-refractivity contribution >= 4 is 139 Å². The number of amides is 3. The first-order valence-corrected chi connectivity index (χ1v) is 51.0. The molecule has 0 aliphatic carbocycles. The number of nitrogens with two attached hydrogens (primary N) is 2. The zero-order valence-electron chi connectivity index (χ0n) is 79.4. The SMILES string of the molecule is COc1ccc(S(=O)(=O)c2ccc(N)cc2)cc1.COc1ccc(S(=O)(=O)c2ccc(NC(=O)NCc3ccncc3)cc2)cc1.COc1ccc(S(=O)(=O)c2ccc(NC(=O)Oc3ccccc3)cc2)cc1.COc1ccc(S(=O)(=O)c2ccc([N+](=O)[O-])cc2)cc1.COc1ccc(S)cc1.COc1ccc(Sc2ccc([N+](=O)[O-])cc2)cc1.NCc1ccncc1.O=C(Cl)Oc1ccccc1.O=[N+]([O-])c1ccc(Cl)cc1. The highest BCUT2D eigenvalue weighted by Gasteiger charge is 2.23. The van der Waals surface area contributed by atoms with E-state index in [0.717, 1.165) is 49.4 Å². The van der Waals surface area contributed by atoms with Crippen molar-refractivity contribution in [2.45, 2.75) is 66.9 Å². The quantitative estimate of drug-likeness (QED) is 0.00964. The molecule has 766 valence electrons. The van der Waals surface area contributed by atoms with Crippen molar-refractivity contribution in [2.75, 3.05) is 59.0 Å². The molecule has 148 heavy (non-hydrogen) atoms. The fraction of sp³-hybridized carbons (Fsp3) is 0.0762. The van der Waals surface area contributed by atoms with Gasteiger partial charge in [0.05, 0.1) is 96.6 Å². The van der Waals surface area contributed by atoms with Crippen molar-refractivity contribution in [2.24, 2.45) is 5.73 Å². The van der Waals surface area contributed by atoms with Gasteiger partial charge in [0, 0.05) is 123 Å². The van der Waals surface area contributed by atoms with E-state index in [-0.39, 0.29) is 62.3 Å². The van der Waals surface area contributed by atoms with Gasteiger partial charge in [-0.2, -0.15) is 0 Å². The number of nitrogens with one attached hydrogen (secondary N) is 3. The van der Waals surface area contributed by atoms with Crippen LogP contribution in [0, 0.1) is 30.3 Å². The lowest BCUT2D eigenvalue weighted by Gasteiger charge is -2.09. The number of non-ortho nitro benzene ring substituents is 3. The number of ether oxygens (including phenoxy) is 8. The first kappa shape index (κ1) is 116. The molecule has 0 saturated carbocycles. The minimum atomic E-state index is -3.68. The van der Waals surface area contributed by atoms with E-state index in [2.05, 4.69) is 43.3 Å². The molecule has 7 N–H and O–H groups in total. The second-order valence-corrected chi connectivity index (χ2v) is 39.5. The Bertz CT molecular complexity index is 7400. The Labute approximate surface area is 873 Å². The van der Waals surface area contributed by atoms with E-state index in [9.17, 15) is 78.4 Å². The number of thiol groups is 1. The number of anilines is 3. The number of urea groups is 1. The molecule has 0 radical (unpaired) electrons. The smallest absolute Gasteiger partial charge is 0.417 e. The van der Waals surface area contributed by atoms with Gasteiger partial charge in [0.2, 0.25) is 39.3 Å². The number of carbonyl (C=O) groups is 3. The molecule has 16 rings (SSSR count). The number of para-hydroxylation sites is 2. The lowest BCUT2D eigenvalue weighted by Crippen LogP contribution is -2.28. The van der Waals surface area contributed by atoms with Crippen LogP contribution in [0.25, 0.3) is 0 Å². The molecule has 0 aliphatic rings. The predicted octanol–water partition coefficient (Wildman–Crippen LogP) is 22.9. The average molecular weight is 2160 g/mol. The van der Waals surface area contributed by atoms with Crippen molar-refractivity contribution in [1.29, 1.82) is 0 Å². The van der Waals surface area contributed by atoms with Crippen LogP contribution >= 0.6 is 47.6 Å². The summed E-state index contributed by atoms with van der Waals surface area (Å²) in [6.07, 6.45) is 6.12. The number of nitrogen functional groups attached to an aromatic ring is 1. The van der Waals surface area contributed by atoms with Gasteiger partial charge in [0.25, 0.3) is 17.1 Å². The summed E-state index contributed by atoms with van der Waals surface area (Å²) < 4.78 is 140. The van der Waals surface area contributed by atoms with Gasteiger partial charge < -0.3 is 60.0 Å². The van der Waals surface area contributed by atoms with Gasteiger partial charge in [-0.1, -0.05) is 59.8 Å². The van der Waals surface area contributed by atoms with Gasteiger partial charge in [-0.15, -0.1) is 12.6 Å². The lowest BCUT2D eigenvalue weighted by molar-refractivity contribution is -0.385. The fourth-order valence-electron chi connectivity index (χ4n) is 11.7. The molecule has 0 aliphatic heterocycles. The number of nitrogens with zero attached hydrogens (tertiary/aromatic N) is 5. The maximum atomic E-state index is 12.7. The number of nitro benzene ring substituents is 3. The topological polar surface area (TPSA) is 505 Å². The Kier molecular flexibility index (Phi) is 46.8. The summed E-state index contributed by atoms with van der Waals surface area (Å²) >= 11 is 16.1. The third-order valence-electron chi connectivity index (χ3n) is 19.4. The van der Waals surface area contributed by atoms with Crippen molar-refractivity contribution in [3.8, 4) is 46.0 Å². The standard InChI is InChI=1S/C20H19N3O4S.C20H17NO5S.C13H11NO5S.C13H13NO3S.C13H11NO3S.C7H5ClO2.C7H8OS.C6H4ClNO2.C6H8N2/c1-27-17-4-8-19(9-5-17)28(25,26)18-6-2-16(3-7-18)23-20(24)22-14-15-10-12-21-13-11-15;1-25-16-9-13-19(14-10-16)27(23,24)18-11-7-15(8-12-18)21-20(22)26-17-5-3-2-4-6-17;1-19-11-4-8-13(9-5-11)20(17,18)12-6-2-10(3-7-12)14(15)16;1-17-11-4-8-13(9-5-11)18(15,16)12-6-2-10(14)3-7-12;1-17-11-4-8-13(9-5-11)18-12-6-2-10(3-7-12)14(15)16;8-7(9)10-6-4-2-1-3-5-6;1-8-6-2-4-7(9)5-3-6;7-5-1-3-6(4-2-5)8(9)10;7-5-6-1-3-8-4-2-6/h2-13H,14H2,1H3,(H2,22,23,24);2-14H,1H3,(H,21,22);2-9H,1H3;2-9H,14H2,1H3;2-9H,1H3;1-5H;2-5,9H,1H3;1-4H;1-4H,5,7H2. The number of aromatic nitrogens is 2. The Morgan fingerprint density at radius 3 is 0.912 bits per heavy atom. The van der Waals surface area contributed by atoms with Crippen LogP contribution in [0.2, 0.25) is 5.02 Å². The average Bonchev–Trinajstić information content (AvgIpc) is 0.814. The number of hydrogen-bond donors (Lipinski definition) is 6. The van der Waals surface area contributed by atoms with Crippen LogP contribution in [-0.2, 0) is 52.4 Å². The molecule has 0 bridgehead atoms. The molecule has 2 aromatic heterocycles. The normalized spacial score (nSPS) is 10.4. The molecule has 2 heterocycles. The molecule has 35 nitrogen and oxygen atoms in total. The van der Waals surface area contributed by atoms with Gasteiger partial charge in [-0.25, -0.2) is 48.1 Å². The molecule has 16 aromatic rings. The van der Waals surface area contributed by atoms with Crippen LogP contribution in [0.3, 0.4) is 0 Å². The number of halogens is 2. The summed E-state index contributed by atoms with van der Waals surface area (Å²) in [5, 5.41) is 39.6. The first-order chi connectivity index (χ1) is 70.9. The first-order valence-electron chi connectivity index (χ1n) is 43.1. The largest absolute Gasteiger partial charge is 0.497 e. The molecule has 0 fully saturated rings. The van der Waals surface area contributed by atoms with E-state index >= 15 is 0 Å². The van der Waals surface area contributed by atoms with Gasteiger partial charge in [0.1, 0.15) is 46.0 Å². The summed E-state index contributed by atoms with van der Waals surface area (Å²) in [6.45, 7) is 0.959. The van der Waals surface area contributed by atoms with Crippen LogP contribution in [-0.4, -0.2) is 119 Å². The summed E-state index contributed by atoms with van der Waals surface area (Å²) in [7, 11) is -5.16. The third kappa shape index (κ3) is 38.7. The lowest BCUT2D eigenvalue weighted by atomic mass is 10.3. The number of carbonyl (C=O) groups excluding carboxylic acids is 3. The van der Waals surface area contributed by atoms with Crippen LogP contribution < -0.4 is 65.3 Å². The molecular weight excluding hydrogens is 2060 g/mol. The number of sulfone groups is 4. The van der Waals surface area contributed by atoms with Crippen molar-refractivity contribution < 1.29 is 101 Å². The molecular formula is C105H96Cl2N10O25S6. The Balaban J connectivity index is 0.000000209. The highest BCUT2D eigenvalue weighted by atomic mass is 35.5. The van der Waals surface area contributed by atoms with E-state index < -0.39 is 65.6 Å². The summed E-state index contributed by atoms with van der Waals surface area (Å²) in [5.41, 5.74) is 13.5. The van der Waals surface area contributed by atoms with Gasteiger partial charge in [0.15, 0.2) is 0 Å². The van der Waals surface area contributed by atoms with E-state index in [1.54, 1.807) is 184 Å². The minimum absolute atomic E-state index is 0.00765. The summed E-state index contributed by atoms with van der Waals surface area (Å²) in [4.78, 5) is 75.6. The van der Waals surface area contributed by atoms with E-state index in [1.165, 1.54) is 186 Å². The molecule has 0 unspecified atom stereocenters. The minimum Gasteiger partial charge on any atom is -0.497 e. The van der Waals surface area contributed by atoms with Crippen molar-refractivity contribution in [3.05, 3.63) is 447 Å². The van der Waals surface area contributed by atoms with Crippen molar-refractivity contribution in [1.82, 2.24) is 15.3 Å². The Hall–Kier alpha value is -16.8. The number of pyridine rings is 2. The van der Waals surface area contributed by atoms with Crippen LogP contribution in [0.1, 0.15) is 11.1 Å². The predicted molar refractivity (Wildman–Crippen MR) is 566 cm³/mol. The van der Waals surface area contributed by atoms with E-state index in [0.29, 0.717) is 69.7 Å². The Morgan fingerprint density at radius 2 is 0.608 bits per heavy atom. The highest BCUT2D eigenvalue weighted by molar-refractivity contribution is 7.99. The van der Waals surface area contributed by atoms with Crippen molar-refractivity contribution in [3.63, 3.8) is 0 Å². The second-order valence-electron chi connectivity index (χ2n) is 29.2. The fourth-order valence-corrected chi connectivity index (χ4v) is 17.9. The van der Waals surface area contributed by atoms with Crippen LogP contribution in [0.5, 0.6) is 46.0 Å². The third-order valence-corrected chi connectivity index (χ3v) is 28.2. The van der Waals surface area contributed by atoms with Gasteiger partial charge >= 0.3 is 17.6 Å². The van der Waals surface area contributed by atoms with E-state index in [1.807, 2.05) is 72.8 Å². The van der Waals surface area contributed by atoms with Gasteiger partial charge in [-0.05, 0) is 314 Å². The number of benzene rings is 14. The van der Waals surface area contributed by atoms with E-state index in [4.69, 9.17) is 67.8 Å². The number of rotatable bonds is 26. The number of nitro groups is 3. The molecule has 0 atom stereocenters. The second kappa shape index (κ2) is 59.5. The molecule has 43 heteroatoms. The molecule has 3 amide bonds. The van der Waals surface area contributed by atoms with Gasteiger partial charge in [-0.3, -0.25) is 45.6 Å². The maximum Gasteiger partial charge on any atom is 0.417 e. The summed E-state index contributed by atoms with van der Waals surface area (Å²) in [6, 6.07) is 99.0. The number of hydrogen-bond acceptors (Lipinski definition) is 31. The zero-order chi connectivity index (χ0) is 108. The summed E-state index contributed by atoms with van der Waals surface area (Å²) in [5.74, 6) is 4.87. The highest BCUT2D eigenvalue weighted by Crippen LogP contribution is 2.33. The molecule has 0 spiro atoms. The maximum absolute atomic E-state index is 12.7. The molecule has 14 aromatic carbocycles. The van der Waals surface area contributed by atoms with Crippen LogP contribution in [0.15, 0.2) is 455 Å². The molecule has 0 saturated heterocycles. The Morgan fingerprint density at radius 1 is 0.345 bits per heavy atom. The monoisotopic (exact) mass is 2160 g/mol.